The van der Waals surface area contributed by atoms with Crippen LogP contribution < -0.4 is 5.73 Å². The van der Waals surface area contributed by atoms with Crippen molar-refractivity contribution in [3.05, 3.63) is 0 Å². The number of nitrogens with zero attached hydrogens (tertiary/aromatic N) is 1. The van der Waals surface area contributed by atoms with Crippen LogP contribution in [0.5, 0.6) is 0 Å². The average Bonchev–Trinajstić information content (AvgIpc) is 2.20. The largest absolute Gasteiger partial charge is 0.396 e. The van der Waals surface area contributed by atoms with Crippen molar-refractivity contribution < 1.29 is 9.90 Å². The number of likely N-dealkylation sites (N-methyl/N-ethyl adjacent to an activating group) is 1. The van der Waals surface area contributed by atoms with Crippen molar-refractivity contribution in [2.45, 2.75) is 46.1 Å². The third kappa shape index (κ3) is 5.47. The van der Waals surface area contributed by atoms with Crippen molar-refractivity contribution in [3.8, 4) is 0 Å². The zero-order valence-corrected chi connectivity index (χ0v) is 11.0. The van der Waals surface area contributed by atoms with Gasteiger partial charge in [-0.3, -0.25) is 4.79 Å². The van der Waals surface area contributed by atoms with E-state index in [0.717, 1.165) is 19.3 Å². The third-order valence-corrected chi connectivity index (χ3v) is 2.73. The average molecular weight is 230 g/mol. The van der Waals surface area contributed by atoms with Crippen LogP contribution in [0.2, 0.25) is 0 Å². The van der Waals surface area contributed by atoms with Crippen LogP contribution in [0.15, 0.2) is 0 Å². The van der Waals surface area contributed by atoms with Gasteiger partial charge in [0, 0.05) is 20.2 Å². The van der Waals surface area contributed by atoms with E-state index in [9.17, 15) is 4.79 Å². The SMILES string of the molecule is CN(CCCCCO)C(=O)[C@H](N)C(C)(C)C. The number of aliphatic hydroxyl groups excluding tert-OH is 1. The summed E-state index contributed by atoms with van der Waals surface area (Å²) in [4.78, 5) is 13.6. The molecule has 3 N–H and O–H groups in total. The number of hydrogen-bond acceptors (Lipinski definition) is 3. The van der Waals surface area contributed by atoms with Crippen LogP contribution >= 0.6 is 0 Å². The molecule has 96 valence electrons. The smallest absolute Gasteiger partial charge is 0.239 e. The van der Waals surface area contributed by atoms with Gasteiger partial charge in [-0.05, 0) is 24.7 Å². The summed E-state index contributed by atoms with van der Waals surface area (Å²) in [6, 6.07) is -0.449. The summed E-state index contributed by atoms with van der Waals surface area (Å²) in [6.07, 6.45) is 2.66. The number of aliphatic hydroxyl groups is 1. The number of rotatable bonds is 6. The van der Waals surface area contributed by atoms with Gasteiger partial charge < -0.3 is 15.7 Å². The lowest BCUT2D eigenvalue weighted by Gasteiger charge is -2.30. The third-order valence-electron chi connectivity index (χ3n) is 2.73. The molecule has 0 rings (SSSR count). The van der Waals surface area contributed by atoms with Gasteiger partial charge in [-0.2, -0.15) is 0 Å². The number of nitrogens with two attached hydrogens (primary N) is 1. The maximum absolute atomic E-state index is 11.9. The molecule has 1 amide bonds. The van der Waals surface area contributed by atoms with Gasteiger partial charge in [-0.25, -0.2) is 0 Å². The lowest BCUT2D eigenvalue weighted by Crippen LogP contribution is -2.49. The van der Waals surface area contributed by atoms with Crippen LogP contribution in [-0.4, -0.2) is 42.2 Å². The van der Waals surface area contributed by atoms with Crippen LogP contribution in [-0.2, 0) is 4.79 Å². The van der Waals surface area contributed by atoms with Crippen molar-refractivity contribution in [3.63, 3.8) is 0 Å². The van der Waals surface area contributed by atoms with E-state index in [4.69, 9.17) is 10.8 Å². The second kappa shape index (κ2) is 6.86. The minimum absolute atomic E-state index is 0.00324. The van der Waals surface area contributed by atoms with E-state index in [0.29, 0.717) is 6.54 Å². The van der Waals surface area contributed by atoms with E-state index >= 15 is 0 Å². The van der Waals surface area contributed by atoms with Crippen molar-refractivity contribution in [2.75, 3.05) is 20.2 Å². The quantitative estimate of drug-likeness (QED) is 0.668. The Balaban J connectivity index is 3.99. The molecule has 0 bridgehead atoms. The van der Waals surface area contributed by atoms with Crippen LogP contribution in [0.3, 0.4) is 0 Å². The molecule has 0 saturated carbocycles. The number of unbranched alkanes of at least 4 members (excludes halogenated alkanes) is 2. The molecule has 0 spiro atoms. The summed E-state index contributed by atoms with van der Waals surface area (Å²) in [5.74, 6) is -0.00324. The summed E-state index contributed by atoms with van der Waals surface area (Å²) in [6.45, 7) is 6.83. The number of carbonyl (C=O) groups excluding carboxylic acids is 1. The summed E-state index contributed by atoms with van der Waals surface area (Å²) < 4.78 is 0. The van der Waals surface area contributed by atoms with Crippen molar-refractivity contribution in [1.82, 2.24) is 4.90 Å². The molecule has 0 saturated heterocycles. The molecular weight excluding hydrogens is 204 g/mol. The van der Waals surface area contributed by atoms with E-state index in [1.165, 1.54) is 0 Å². The monoisotopic (exact) mass is 230 g/mol. The first-order valence-electron chi connectivity index (χ1n) is 5.92. The summed E-state index contributed by atoms with van der Waals surface area (Å²) in [5.41, 5.74) is 5.70. The summed E-state index contributed by atoms with van der Waals surface area (Å²) in [7, 11) is 1.78. The molecule has 0 fully saturated rings. The Labute approximate surface area is 98.8 Å². The molecule has 0 aromatic rings. The minimum Gasteiger partial charge on any atom is -0.396 e. The maximum Gasteiger partial charge on any atom is 0.239 e. The Morgan fingerprint density at radius 3 is 2.31 bits per heavy atom. The Morgan fingerprint density at radius 2 is 1.88 bits per heavy atom. The Hall–Kier alpha value is -0.610. The number of hydrogen-bond donors (Lipinski definition) is 2. The van der Waals surface area contributed by atoms with E-state index in [2.05, 4.69) is 0 Å². The Morgan fingerprint density at radius 1 is 1.31 bits per heavy atom. The zero-order chi connectivity index (χ0) is 12.8. The van der Waals surface area contributed by atoms with Gasteiger partial charge in [0.25, 0.3) is 0 Å². The van der Waals surface area contributed by atoms with Gasteiger partial charge >= 0.3 is 0 Å². The van der Waals surface area contributed by atoms with Gasteiger partial charge in [0.2, 0.25) is 5.91 Å². The van der Waals surface area contributed by atoms with Gasteiger partial charge in [0.05, 0.1) is 6.04 Å². The first-order valence-corrected chi connectivity index (χ1v) is 5.92. The first kappa shape index (κ1) is 15.4. The first-order chi connectivity index (χ1) is 7.30. The highest BCUT2D eigenvalue weighted by Crippen LogP contribution is 2.18. The predicted octanol–water partition coefficient (Wildman–Crippen LogP) is 0.981. The van der Waals surface area contributed by atoms with E-state index in [1.54, 1.807) is 11.9 Å². The van der Waals surface area contributed by atoms with Gasteiger partial charge in [0.15, 0.2) is 0 Å². The lowest BCUT2D eigenvalue weighted by atomic mass is 9.86. The molecule has 0 aromatic heterocycles. The van der Waals surface area contributed by atoms with Crippen LogP contribution in [0.1, 0.15) is 40.0 Å². The van der Waals surface area contributed by atoms with E-state index in [1.807, 2.05) is 20.8 Å². The van der Waals surface area contributed by atoms with Crippen molar-refractivity contribution in [1.29, 1.82) is 0 Å². The standard InChI is InChI=1S/C12H26N2O2/c1-12(2,3)10(13)11(16)14(4)8-6-5-7-9-15/h10,15H,5-9,13H2,1-4H3/t10-/m0/s1. The molecule has 0 aromatic carbocycles. The summed E-state index contributed by atoms with van der Waals surface area (Å²) >= 11 is 0. The fourth-order valence-electron chi connectivity index (χ4n) is 1.36. The van der Waals surface area contributed by atoms with E-state index < -0.39 is 6.04 Å². The van der Waals surface area contributed by atoms with Gasteiger partial charge in [-0.15, -0.1) is 0 Å². The minimum atomic E-state index is -0.449. The molecule has 0 aliphatic heterocycles. The van der Waals surface area contributed by atoms with Crippen LogP contribution in [0.25, 0.3) is 0 Å². The van der Waals surface area contributed by atoms with Crippen molar-refractivity contribution in [2.24, 2.45) is 11.1 Å². The molecule has 0 unspecified atom stereocenters. The molecule has 0 aliphatic carbocycles. The second-order valence-electron chi connectivity index (χ2n) is 5.39. The number of carbonyl (C=O) groups is 1. The van der Waals surface area contributed by atoms with Crippen LogP contribution in [0.4, 0.5) is 0 Å². The van der Waals surface area contributed by atoms with Gasteiger partial charge in [-0.1, -0.05) is 20.8 Å². The molecule has 4 heteroatoms. The molecular formula is C12H26N2O2. The molecule has 0 aliphatic rings. The molecule has 1 atom stereocenters. The molecule has 0 radical (unpaired) electrons. The normalized spacial score (nSPS) is 13.6. The van der Waals surface area contributed by atoms with E-state index in [-0.39, 0.29) is 17.9 Å². The highest BCUT2D eigenvalue weighted by molar-refractivity contribution is 5.82. The Bertz CT molecular complexity index is 212. The highest BCUT2D eigenvalue weighted by atomic mass is 16.2. The topological polar surface area (TPSA) is 66.6 Å². The predicted molar refractivity (Wildman–Crippen MR) is 66.0 cm³/mol. The highest BCUT2D eigenvalue weighted by Gasteiger charge is 2.29. The van der Waals surface area contributed by atoms with Crippen LogP contribution in [0, 0.1) is 5.41 Å². The maximum atomic E-state index is 11.9. The second-order valence-corrected chi connectivity index (χ2v) is 5.39. The Kier molecular flexibility index (Phi) is 6.60. The van der Waals surface area contributed by atoms with Gasteiger partial charge in [0.1, 0.15) is 0 Å². The molecule has 4 nitrogen and oxygen atoms in total. The zero-order valence-electron chi connectivity index (χ0n) is 11.0. The number of amides is 1. The molecule has 16 heavy (non-hydrogen) atoms. The fraction of sp³-hybridized carbons (Fsp3) is 0.917. The molecule has 0 heterocycles. The fourth-order valence-corrected chi connectivity index (χ4v) is 1.36. The van der Waals surface area contributed by atoms with Crippen molar-refractivity contribution >= 4 is 5.91 Å². The lowest BCUT2D eigenvalue weighted by molar-refractivity contribution is -0.133. The summed E-state index contributed by atoms with van der Waals surface area (Å²) in [5, 5.41) is 8.64.